The predicted octanol–water partition coefficient (Wildman–Crippen LogP) is 4.05. The highest BCUT2D eigenvalue weighted by Gasteiger charge is 2.23. The largest absolute Gasteiger partial charge is 0.359 e. The first-order valence-corrected chi connectivity index (χ1v) is 10.2. The summed E-state index contributed by atoms with van der Waals surface area (Å²) >= 11 is 6.48. The van der Waals surface area contributed by atoms with Crippen LogP contribution in [0.5, 0.6) is 0 Å². The minimum Gasteiger partial charge on any atom is -0.359 e. The van der Waals surface area contributed by atoms with E-state index < -0.39 is 5.92 Å². The summed E-state index contributed by atoms with van der Waals surface area (Å²) in [6.07, 6.45) is 0. The van der Waals surface area contributed by atoms with Gasteiger partial charge in [-0.15, -0.1) is 0 Å². The van der Waals surface area contributed by atoms with Crippen LogP contribution in [0.1, 0.15) is 17.0 Å². The van der Waals surface area contributed by atoms with Crippen LogP contribution in [0.3, 0.4) is 0 Å². The molecule has 3 aromatic rings. The minimum atomic E-state index is -0.434. The first-order chi connectivity index (χ1) is 14.6. The number of nitrogens with zero attached hydrogens (tertiary/aromatic N) is 1. The lowest BCUT2D eigenvalue weighted by Gasteiger charge is -2.29. The molecular formula is C24H22ClN3O2. The molecule has 0 atom stereocenters. The number of benzene rings is 3. The van der Waals surface area contributed by atoms with Gasteiger partial charge in [0.2, 0.25) is 11.8 Å². The van der Waals surface area contributed by atoms with Crippen LogP contribution in [0, 0.1) is 0 Å². The van der Waals surface area contributed by atoms with Crippen molar-refractivity contribution in [3.63, 3.8) is 0 Å². The van der Waals surface area contributed by atoms with Crippen molar-refractivity contribution in [3.05, 3.63) is 95.0 Å². The zero-order chi connectivity index (χ0) is 20.9. The molecule has 0 saturated carbocycles. The van der Waals surface area contributed by atoms with Crippen LogP contribution >= 0.6 is 11.6 Å². The number of carbonyl (C=O) groups is 2. The maximum absolute atomic E-state index is 13.2. The Balaban J connectivity index is 1.57. The third-order valence-electron chi connectivity index (χ3n) is 5.12. The molecule has 30 heavy (non-hydrogen) atoms. The number of nitrogens with one attached hydrogen (secondary N) is 2. The maximum Gasteiger partial charge on any atom is 0.239 e. The molecule has 0 spiro atoms. The highest BCUT2D eigenvalue weighted by atomic mass is 35.5. The van der Waals surface area contributed by atoms with E-state index in [-0.39, 0.29) is 18.4 Å². The lowest BCUT2D eigenvalue weighted by Crippen LogP contribution is -2.47. The van der Waals surface area contributed by atoms with Crippen molar-refractivity contribution in [1.29, 1.82) is 0 Å². The van der Waals surface area contributed by atoms with Gasteiger partial charge in [-0.2, -0.15) is 0 Å². The summed E-state index contributed by atoms with van der Waals surface area (Å²) in [5, 5.41) is 6.30. The Kier molecular flexibility index (Phi) is 6.00. The van der Waals surface area contributed by atoms with Gasteiger partial charge >= 0.3 is 0 Å². The lowest BCUT2D eigenvalue weighted by molar-refractivity contribution is -0.120. The second-order valence-corrected chi connectivity index (χ2v) is 7.59. The third kappa shape index (κ3) is 4.47. The Morgan fingerprint density at radius 3 is 2.17 bits per heavy atom. The van der Waals surface area contributed by atoms with E-state index in [1.807, 2.05) is 77.7 Å². The molecular weight excluding hydrogens is 398 g/mol. The van der Waals surface area contributed by atoms with Gasteiger partial charge in [0, 0.05) is 18.8 Å². The number of hydrogen-bond donors (Lipinski definition) is 2. The molecule has 1 saturated heterocycles. The molecule has 152 valence electrons. The van der Waals surface area contributed by atoms with Crippen molar-refractivity contribution in [1.82, 2.24) is 5.32 Å². The summed E-state index contributed by atoms with van der Waals surface area (Å²) in [4.78, 5) is 26.8. The summed E-state index contributed by atoms with van der Waals surface area (Å²) in [7, 11) is 0. The molecule has 4 rings (SSSR count). The fourth-order valence-corrected chi connectivity index (χ4v) is 3.99. The standard InChI is InChI=1S/C24H22ClN3O2/c25-20-15-19(11-12-21(20)28-14-13-26-22(29)16-28)27-24(30)23(17-7-3-1-4-8-17)18-9-5-2-6-10-18/h1-12,15,23H,13-14,16H2,(H,26,29)(H,27,30). The molecule has 6 heteroatoms. The Morgan fingerprint density at radius 2 is 1.60 bits per heavy atom. The zero-order valence-electron chi connectivity index (χ0n) is 16.3. The van der Waals surface area contributed by atoms with E-state index in [0.29, 0.717) is 23.8 Å². The monoisotopic (exact) mass is 419 g/mol. The van der Waals surface area contributed by atoms with Gasteiger partial charge in [-0.25, -0.2) is 0 Å². The van der Waals surface area contributed by atoms with Crippen molar-refractivity contribution >= 4 is 34.8 Å². The van der Waals surface area contributed by atoms with Gasteiger partial charge in [0.25, 0.3) is 0 Å². The fourth-order valence-electron chi connectivity index (χ4n) is 3.69. The predicted molar refractivity (Wildman–Crippen MR) is 120 cm³/mol. The second-order valence-electron chi connectivity index (χ2n) is 7.18. The SMILES string of the molecule is O=C1CN(c2ccc(NC(=O)C(c3ccccc3)c3ccccc3)cc2Cl)CCN1. The summed E-state index contributed by atoms with van der Waals surface area (Å²) in [6, 6.07) is 24.8. The molecule has 0 radical (unpaired) electrons. The molecule has 0 unspecified atom stereocenters. The normalized spacial score (nSPS) is 13.8. The van der Waals surface area contributed by atoms with Crippen LogP contribution in [-0.4, -0.2) is 31.4 Å². The van der Waals surface area contributed by atoms with Gasteiger partial charge < -0.3 is 15.5 Å². The molecule has 3 aromatic carbocycles. The van der Waals surface area contributed by atoms with Crippen molar-refractivity contribution in [2.45, 2.75) is 5.92 Å². The number of carbonyl (C=O) groups excluding carboxylic acids is 2. The highest BCUT2D eigenvalue weighted by molar-refractivity contribution is 6.33. The Morgan fingerprint density at radius 1 is 0.967 bits per heavy atom. The van der Waals surface area contributed by atoms with Crippen LogP contribution in [0.2, 0.25) is 5.02 Å². The third-order valence-corrected chi connectivity index (χ3v) is 5.42. The van der Waals surface area contributed by atoms with E-state index in [1.165, 1.54) is 0 Å². The summed E-state index contributed by atoms with van der Waals surface area (Å²) in [5.74, 6) is -0.589. The van der Waals surface area contributed by atoms with Crippen LogP contribution < -0.4 is 15.5 Å². The van der Waals surface area contributed by atoms with E-state index in [0.717, 1.165) is 16.8 Å². The molecule has 0 aromatic heterocycles. The molecule has 1 heterocycles. The molecule has 5 nitrogen and oxygen atoms in total. The number of rotatable bonds is 5. The first kappa shape index (κ1) is 20.0. The summed E-state index contributed by atoms with van der Waals surface area (Å²) in [6.45, 7) is 1.56. The first-order valence-electron chi connectivity index (χ1n) is 9.84. The van der Waals surface area contributed by atoms with E-state index in [1.54, 1.807) is 6.07 Å². The smallest absolute Gasteiger partial charge is 0.239 e. The molecule has 2 amide bonds. The Labute approximate surface area is 180 Å². The molecule has 1 aliphatic rings. The Bertz CT molecular complexity index is 1000. The van der Waals surface area contributed by atoms with E-state index in [4.69, 9.17) is 11.6 Å². The number of piperazine rings is 1. The average Bonchev–Trinajstić information content (AvgIpc) is 2.75. The van der Waals surface area contributed by atoms with Crippen molar-refractivity contribution in [2.24, 2.45) is 0 Å². The average molecular weight is 420 g/mol. The van der Waals surface area contributed by atoms with Gasteiger partial charge in [0.1, 0.15) is 0 Å². The molecule has 1 aliphatic heterocycles. The quantitative estimate of drug-likeness (QED) is 0.656. The van der Waals surface area contributed by atoms with Gasteiger partial charge in [0.15, 0.2) is 0 Å². The van der Waals surface area contributed by atoms with Crippen LogP contribution in [0.15, 0.2) is 78.9 Å². The van der Waals surface area contributed by atoms with Gasteiger partial charge in [-0.1, -0.05) is 72.3 Å². The maximum atomic E-state index is 13.2. The molecule has 1 fully saturated rings. The van der Waals surface area contributed by atoms with E-state index >= 15 is 0 Å². The van der Waals surface area contributed by atoms with Crippen LogP contribution in [-0.2, 0) is 9.59 Å². The molecule has 0 aliphatic carbocycles. The second kappa shape index (κ2) is 9.01. The van der Waals surface area contributed by atoms with Gasteiger partial charge in [-0.3, -0.25) is 9.59 Å². The van der Waals surface area contributed by atoms with Gasteiger partial charge in [-0.05, 0) is 29.3 Å². The molecule has 0 bridgehead atoms. The number of anilines is 2. The minimum absolute atomic E-state index is 0.0248. The van der Waals surface area contributed by atoms with Crippen LogP contribution in [0.4, 0.5) is 11.4 Å². The summed E-state index contributed by atoms with van der Waals surface area (Å²) in [5.41, 5.74) is 3.24. The lowest BCUT2D eigenvalue weighted by atomic mass is 9.90. The topological polar surface area (TPSA) is 61.4 Å². The van der Waals surface area contributed by atoms with Crippen molar-refractivity contribution < 1.29 is 9.59 Å². The number of halogens is 1. The summed E-state index contributed by atoms with van der Waals surface area (Å²) < 4.78 is 0. The van der Waals surface area contributed by atoms with Crippen molar-refractivity contribution in [3.8, 4) is 0 Å². The van der Waals surface area contributed by atoms with Crippen LogP contribution in [0.25, 0.3) is 0 Å². The molecule has 2 N–H and O–H groups in total. The number of amides is 2. The fraction of sp³-hybridized carbons (Fsp3) is 0.167. The zero-order valence-corrected chi connectivity index (χ0v) is 17.1. The number of hydrogen-bond acceptors (Lipinski definition) is 3. The Hall–Kier alpha value is -3.31. The van der Waals surface area contributed by atoms with E-state index in [9.17, 15) is 9.59 Å². The van der Waals surface area contributed by atoms with Gasteiger partial charge in [0.05, 0.1) is 23.2 Å². The highest BCUT2D eigenvalue weighted by Crippen LogP contribution is 2.31. The van der Waals surface area contributed by atoms with Crippen molar-refractivity contribution in [2.75, 3.05) is 29.9 Å². The van der Waals surface area contributed by atoms with E-state index in [2.05, 4.69) is 10.6 Å².